The fourth-order valence-corrected chi connectivity index (χ4v) is 2.68. The van der Waals surface area contributed by atoms with Crippen molar-refractivity contribution in [3.8, 4) is 0 Å². The van der Waals surface area contributed by atoms with Gasteiger partial charge in [-0.25, -0.2) is 4.99 Å². The number of halogens is 1. The van der Waals surface area contributed by atoms with Crippen molar-refractivity contribution in [2.24, 2.45) is 10.9 Å². The van der Waals surface area contributed by atoms with Gasteiger partial charge >= 0.3 is 0 Å². The van der Waals surface area contributed by atoms with Crippen LogP contribution < -0.4 is 10.6 Å². The first-order chi connectivity index (χ1) is 11.2. The van der Waals surface area contributed by atoms with Crippen molar-refractivity contribution < 1.29 is 4.74 Å². The molecule has 1 aromatic heterocycles. The van der Waals surface area contributed by atoms with Gasteiger partial charge in [0, 0.05) is 38.9 Å². The van der Waals surface area contributed by atoms with Gasteiger partial charge in [0.15, 0.2) is 5.96 Å². The fourth-order valence-electron chi connectivity index (χ4n) is 2.68. The van der Waals surface area contributed by atoms with E-state index in [1.54, 1.807) is 6.20 Å². The normalized spacial score (nSPS) is 19.2. The summed E-state index contributed by atoms with van der Waals surface area (Å²) in [5.74, 6) is 1.50. The number of ether oxygens (including phenoxy) is 1. The molecule has 0 saturated carbocycles. The van der Waals surface area contributed by atoms with Crippen LogP contribution in [0.25, 0.3) is 0 Å². The Balaban J connectivity index is 0.00000288. The van der Waals surface area contributed by atoms with Crippen LogP contribution in [0.15, 0.2) is 17.3 Å². The lowest BCUT2D eigenvalue weighted by Crippen LogP contribution is -2.50. The Hall–Kier alpha value is -0.870. The van der Waals surface area contributed by atoms with Gasteiger partial charge in [0.05, 0.1) is 24.9 Å². The number of hydrogen-bond acceptors (Lipinski definition) is 4. The van der Waals surface area contributed by atoms with Crippen molar-refractivity contribution in [2.75, 3.05) is 39.3 Å². The maximum Gasteiger partial charge on any atom is 0.191 e. The van der Waals surface area contributed by atoms with Crippen molar-refractivity contribution in [3.05, 3.63) is 18.0 Å². The molecule has 1 aliphatic heterocycles. The topological polar surface area (TPSA) is 77.6 Å². The molecule has 1 atom stereocenters. The number of hydrogen-bond donors (Lipinski definition) is 3. The third kappa shape index (κ3) is 7.80. The second kappa shape index (κ2) is 11.6. The molecule has 24 heavy (non-hydrogen) atoms. The number of aliphatic imine (C=N–C) groups is 1. The molecule has 2 heterocycles. The van der Waals surface area contributed by atoms with Crippen LogP contribution in [0.1, 0.15) is 26.5 Å². The van der Waals surface area contributed by atoms with Gasteiger partial charge in [-0.15, -0.1) is 24.0 Å². The van der Waals surface area contributed by atoms with Gasteiger partial charge in [0.25, 0.3) is 0 Å². The summed E-state index contributed by atoms with van der Waals surface area (Å²) in [6.07, 6.45) is 1.95. The molecule has 1 unspecified atom stereocenters. The molecule has 0 aliphatic carbocycles. The summed E-state index contributed by atoms with van der Waals surface area (Å²) in [7, 11) is 0. The average molecular weight is 450 g/mol. The zero-order valence-electron chi connectivity index (χ0n) is 14.9. The summed E-state index contributed by atoms with van der Waals surface area (Å²) in [6, 6.07) is 1.93. The highest BCUT2D eigenvalue weighted by atomic mass is 127. The zero-order valence-corrected chi connectivity index (χ0v) is 17.2. The highest BCUT2D eigenvalue weighted by molar-refractivity contribution is 14.0. The number of guanidine groups is 1. The van der Waals surface area contributed by atoms with Crippen LogP contribution in [-0.4, -0.2) is 66.5 Å². The summed E-state index contributed by atoms with van der Waals surface area (Å²) in [4.78, 5) is 7.04. The van der Waals surface area contributed by atoms with Gasteiger partial charge in [0.2, 0.25) is 0 Å². The minimum atomic E-state index is 0. The molecule has 1 aromatic rings. The molecule has 7 nitrogen and oxygen atoms in total. The van der Waals surface area contributed by atoms with Crippen molar-refractivity contribution in [3.63, 3.8) is 0 Å². The van der Waals surface area contributed by atoms with E-state index < -0.39 is 0 Å². The summed E-state index contributed by atoms with van der Waals surface area (Å²) in [5, 5.41) is 13.5. The Morgan fingerprint density at radius 2 is 2.33 bits per heavy atom. The van der Waals surface area contributed by atoms with Crippen LogP contribution in [0.2, 0.25) is 0 Å². The molecular weight excluding hydrogens is 419 g/mol. The van der Waals surface area contributed by atoms with E-state index in [0.29, 0.717) is 12.5 Å². The lowest BCUT2D eigenvalue weighted by molar-refractivity contribution is -0.0284. The summed E-state index contributed by atoms with van der Waals surface area (Å²) in [6.45, 7) is 12.7. The smallest absolute Gasteiger partial charge is 0.191 e. The number of aromatic nitrogens is 2. The molecule has 1 aliphatic rings. The second-order valence-electron chi connectivity index (χ2n) is 6.30. The highest BCUT2D eigenvalue weighted by Gasteiger charge is 2.21. The largest absolute Gasteiger partial charge is 0.374 e. The number of nitrogens with one attached hydrogen (secondary N) is 3. The maximum atomic E-state index is 5.87. The lowest BCUT2D eigenvalue weighted by Gasteiger charge is -2.34. The number of rotatable bonds is 7. The third-order valence-electron chi connectivity index (χ3n) is 3.65. The fraction of sp³-hybridized carbons (Fsp3) is 0.750. The molecule has 0 amide bonds. The quantitative estimate of drug-likeness (QED) is 0.333. The van der Waals surface area contributed by atoms with E-state index in [1.807, 2.05) is 6.07 Å². The van der Waals surface area contributed by atoms with E-state index >= 15 is 0 Å². The van der Waals surface area contributed by atoms with E-state index in [-0.39, 0.29) is 30.1 Å². The van der Waals surface area contributed by atoms with Crippen molar-refractivity contribution in [2.45, 2.75) is 33.4 Å². The van der Waals surface area contributed by atoms with Gasteiger partial charge in [0.1, 0.15) is 0 Å². The van der Waals surface area contributed by atoms with Crippen LogP contribution in [0.5, 0.6) is 0 Å². The Labute approximate surface area is 162 Å². The summed E-state index contributed by atoms with van der Waals surface area (Å²) < 4.78 is 5.87. The van der Waals surface area contributed by atoms with E-state index in [2.05, 4.69) is 51.5 Å². The van der Waals surface area contributed by atoms with Crippen LogP contribution in [0, 0.1) is 5.92 Å². The standard InChI is InChI=1S/C16H30N6O.HI/c1-4-17-16(18-9-14-5-6-20-21-14)19-10-15-12-22(7-8-23-15)11-13(2)3;/h5-6,13,15H,4,7-12H2,1-3H3,(H,20,21)(H2,17,18,19);1H. The van der Waals surface area contributed by atoms with Crippen LogP contribution in [-0.2, 0) is 11.3 Å². The molecule has 0 aromatic carbocycles. The minimum absolute atomic E-state index is 0. The van der Waals surface area contributed by atoms with Gasteiger partial charge in [-0.2, -0.15) is 5.10 Å². The lowest BCUT2D eigenvalue weighted by atomic mass is 10.2. The minimum Gasteiger partial charge on any atom is -0.374 e. The SMILES string of the molecule is CCNC(=NCc1ccn[nH]1)NCC1CN(CC(C)C)CCO1.I. The summed E-state index contributed by atoms with van der Waals surface area (Å²) >= 11 is 0. The predicted molar refractivity (Wildman–Crippen MR) is 108 cm³/mol. The molecule has 0 radical (unpaired) electrons. The van der Waals surface area contributed by atoms with Crippen LogP contribution in [0.4, 0.5) is 0 Å². The highest BCUT2D eigenvalue weighted by Crippen LogP contribution is 2.07. The molecule has 1 saturated heterocycles. The maximum absolute atomic E-state index is 5.87. The first-order valence-electron chi connectivity index (χ1n) is 8.51. The number of morpholine rings is 1. The van der Waals surface area contributed by atoms with Gasteiger partial charge in [-0.05, 0) is 18.9 Å². The second-order valence-corrected chi connectivity index (χ2v) is 6.30. The van der Waals surface area contributed by atoms with E-state index in [9.17, 15) is 0 Å². The average Bonchev–Trinajstić information content (AvgIpc) is 3.03. The van der Waals surface area contributed by atoms with Crippen molar-refractivity contribution in [1.82, 2.24) is 25.7 Å². The predicted octanol–water partition coefficient (Wildman–Crippen LogP) is 1.44. The zero-order chi connectivity index (χ0) is 16.5. The van der Waals surface area contributed by atoms with Crippen molar-refractivity contribution >= 4 is 29.9 Å². The van der Waals surface area contributed by atoms with Crippen molar-refractivity contribution in [1.29, 1.82) is 0 Å². The first-order valence-corrected chi connectivity index (χ1v) is 8.51. The molecule has 1 fully saturated rings. The molecule has 138 valence electrons. The van der Waals surface area contributed by atoms with E-state index in [4.69, 9.17) is 4.74 Å². The molecule has 2 rings (SSSR count). The molecule has 0 spiro atoms. The van der Waals surface area contributed by atoms with E-state index in [0.717, 1.165) is 51.0 Å². The molecule has 3 N–H and O–H groups in total. The van der Waals surface area contributed by atoms with Crippen LogP contribution >= 0.6 is 24.0 Å². The molecule has 0 bridgehead atoms. The monoisotopic (exact) mass is 450 g/mol. The number of aromatic amines is 1. The molecule has 8 heteroatoms. The van der Waals surface area contributed by atoms with Crippen LogP contribution in [0.3, 0.4) is 0 Å². The molecular formula is C16H31IN6O. The Bertz CT molecular complexity index is 465. The third-order valence-corrected chi connectivity index (χ3v) is 3.65. The summed E-state index contributed by atoms with van der Waals surface area (Å²) in [5.41, 5.74) is 0.999. The Kier molecular flexibility index (Phi) is 10.3. The van der Waals surface area contributed by atoms with Gasteiger partial charge in [-0.1, -0.05) is 13.8 Å². The van der Waals surface area contributed by atoms with Gasteiger partial charge in [-0.3, -0.25) is 10.00 Å². The Morgan fingerprint density at radius 1 is 1.50 bits per heavy atom. The Morgan fingerprint density at radius 3 is 3.00 bits per heavy atom. The first kappa shape index (κ1) is 21.2. The number of nitrogens with zero attached hydrogens (tertiary/aromatic N) is 3. The van der Waals surface area contributed by atoms with E-state index in [1.165, 1.54) is 0 Å². The van der Waals surface area contributed by atoms with Gasteiger partial charge < -0.3 is 15.4 Å². The number of H-pyrrole nitrogens is 1.